The van der Waals surface area contributed by atoms with Gasteiger partial charge in [0.2, 0.25) is 0 Å². The fourth-order valence-electron chi connectivity index (χ4n) is 4.08. The van der Waals surface area contributed by atoms with Crippen molar-refractivity contribution in [2.24, 2.45) is 11.3 Å². The highest BCUT2D eigenvalue weighted by Gasteiger charge is 2.45. The molecular weight excluding hydrogens is 222 g/mol. The molecular formula is C15H25N3. The summed E-state index contributed by atoms with van der Waals surface area (Å²) >= 11 is 0. The summed E-state index contributed by atoms with van der Waals surface area (Å²) in [7, 11) is 2.30. The molecule has 0 aromatic rings. The number of hydrogen-bond donors (Lipinski definition) is 0. The van der Waals surface area contributed by atoms with Crippen molar-refractivity contribution in [3.05, 3.63) is 0 Å². The first-order valence-corrected chi connectivity index (χ1v) is 7.52. The van der Waals surface area contributed by atoms with Gasteiger partial charge in [-0.1, -0.05) is 0 Å². The van der Waals surface area contributed by atoms with Crippen LogP contribution in [0.5, 0.6) is 0 Å². The number of rotatable bonds is 3. The fourth-order valence-corrected chi connectivity index (χ4v) is 4.08. The quantitative estimate of drug-likeness (QED) is 0.765. The van der Waals surface area contributed by atoms with Gasteiger partial charge in [0.05, 0.1) is 6.07 Å². The van der Waals surface area contributed by atoms with Gasteiger partial charge in [-0.25, -0.2) is 0 Å². The fraction of sp³-hybridized carbons (Fsp3) is 0.933. The van der Waals surface area contributed by atoms with E-state index in [0.29, 0.717) is 5.41 Å². The molecule has 18 heavy (non-hydrogen) atoms. The topological polar surface area (TPSA) is 30.3 Å². The lowest BCUT2D eigenvalue weighted by Crippen LogP contribution is -2.53. The van der Waals surface area contributed by atoms with Crippen LogP contribution in [0, 0.1) is 22.7 Å². The lowest BCUT2D eigenvalue weighted by molar-refractivity contribution is 0.0307. The molecule has 3 fully saturated rings. The van der Waals surface area contributed by atoms with Crippen LogP contribution in [-0.4, -0.2) is 49.1 Å². The molecule has 0 bridgehead atoms. The van der Waals surface area contributed by atoms with E-state index in [2.05, 4.69) is 22.9 Å². The molecule has 2 heterocycles. The Morgan fingerprint density at radius 1 is 1.28 bits per heavy atom. The van der Waals surface area contributed by atoms with Gasteiger partial charge in [0.15, 0.2) is 0 Å². The van der Waals surface area contributed by atoms with Crippen LogP contribution in [0.25, 0.3) is 0 Å². The number of nitriles is 1. The van der Waals surface area contributed by atoms with E-state index >= 15 is 0 Å². The Bertz CT molecular complexity index is 342. The van der Waals surface area contributed by atoms with Gasteiger partial charge in [-0.2, -0.15) is 5.26 Å². The van der Waals surface area contributed by atoms with Crippen molar-refractivity contribution in [1.29, 1.82) is 5.26 Å². The number of likely N-dealkylation sites (tertiary alicyclic amines) is 2. The van der Waals surface area contributed by atoms with Gasteiger partial charge in [0.1, 0.15) is 0 Å². The first-order valence-electron chi connectivity index (χ1n) is 7.52. The first kappa shape index (κ1) is 12.4. The molecule has 3 nitrogen and oxygen atoms in total. The highest BCUT2D eigenvalue weighted by Crippen LogP contribution is 2.49. The third-order valence-electron chi connectivity index (χ3n) is 5.40. The van der Waals surface area contributed by atoms with Crippen LogP contribution in [0.15, 0.2) is 0 Å². The summed E-state index contributed by atoms with van der Waals surface area (Å²) in [5, 5.41) is 8.92. The highest BCUT2D eigenvalue weighted by atomic mass is 15.2. The van der Waals surface area contributed by atoms with Crippen LogP contribution in [0.1, 0.15) is 38.5 Å². The van der Waals surface area contributed by atoms with Gasteiger partial charge >= 0.3 is 0 Å². The standard InChI is InChI=1S/C15H25N3/c1-17-9-2-3-13-11-18(10-4-14(13)17)12-15(5-6-15)7-8-16/h13-14H,2-7,9-12H2,1H3. The SMILES string of the molecule is CN1CCCC2CN(CC3(CC#N)CC3)CCC21. The van der Waals surface area contributed by atoms with Gasteiger partial charge in [-0.15, -0.1) is 0 Å². The normalized spacial score (nSPS) is 35.8. The summed E-state index contributed by atoms with van der Waals surface area (Å²) in [6, 6.07) is 3.22. The van der Waals surface area contributed by atoms with Gasteiger partial charge < -0.3 is 9.80 Å². The van der Waals surface area contributed by atoms with E-state index in [1.165, 1.54) is 58.3 Å². The van der Waals surface area contributed by atoms with Crippen LogP contribution in [0.3, 0.4) is 0 Å². The molecule has 100 valence electrons. The predicted molar refractivity (Wildman–Crippen MR) is 72.1 cm³/mol. The molecule has 0 N–H and O–H groups in total. The summed E-state index contributed by atoms with van der Waals surface area (Å²) in [6.07, 6.45) is 7.46. The Morgan fingerprint density at radius 2 is 2.11 bits per heavy atom. The second-order valence-corrected chi connectivity index (χ2v) is 6.81. The molecule has 1 saturated carbocycles. The van der Waals surface area contributed by atoms with Crippen LogP contribution in [0.4, 0.5) is 0 Å². The van der Waals surface area contributed by atoms with Crippen molar-refractivity contribution in [3.8, 4) is 6.07 Å². The third-order valence-corrected chi connectivity index (χ3v) is 5.40. The molecule has 2 aliphatic heterocycles. The summed E-state index contributed by atoms with van der Waals surface area (Å²) in [5.41, 5.74) is 0.391. The minimum absolute atomic E-state index is 0.391. The minimum Gasteiger partial charge on any atom is -0.303 e. The van der Waals surface area contributed by atoms with E-state index < -0.39 is 0 Å². The first-order chi connectivity index (χ1) is 8.72. The molecule has 3 aliphatic rings. The lowest BCUT2D eigenvalue weighted by atomic mass is 9.83. The highest BCUT2D eigenvalue weighted by molar-refractivity contribution is 5.02. The zero-order valence-electron chi connectivity index (χ0n) is 11.6. The number of fused-ring (bicyclic) bond motifs is 1. The van der Waals surface area contributed by atoms with Crippen LogP contribution >= 0.6 is 0 Å². The molecule has 2 atom stereocenters. The maximum Gasteiger partial charge on any atom is 0.0628 e. The van der Waals surface area contributed by atoms with Crippen molar-refractivity contribution in [1.82, 2.24) is 9.80 Å². The molecule has 2 saturated heterocycles. The van der Waals surface area contributed by atoms with E-state index in [4.69, 9.17) is 5.26 Å². The van der Waals surface area contributed by atoms with Crippen LogP contribution in [0.2, 0.25) is 0 Å². The van der Waals surface area contributed by atoms with Crippen molar-refractivity contribution < 1.29 is 0 Å². The summed E-state index contributed by atoms with van der Waals surface area (Å²) in [5.74, 6) is 0.885. The molecule has 1 aliphatic carbocycles. The van der Waals surface area contributed by atoms with E-state index in [0.717, 1.165) is 18.4 Å². The van der Waals surface area contributed by atoms with Gasteiger partial charge in [0.25, 0.3) is 0 Å². The summed E-state index contributed by atoms with van der Waals surface area (Å²) < 4.78 is 0. The largest absolute Gasteiger partial charge is 0.303 e. The average Bonchev–Trinajstić information content (AvgIpc) is 3.09. The van der Waals surface area contributed by atoms with Gasteiger partial charge in [0, 0.05) is 25.6 Å². The van der Waals surface area contributed by atoms with Gasteiger partial charge in [-0.3, -0.25) is 0 Å². The summed E-state index contributed by atoms with van der Waals surface area (Å²) in [4.78, 5) is 5.23. The van der Waals surface area contributed by atoms with Gasteiger partial charge in [-0.05, 0) is 63.6 Å². The van der Waals surface area contributed by atoms with E-state index in [-0.39, 0.29) is 0 Å². The zero-order valence-corrected chi connectivity index (χ0v) is 11.6. The second kappa shape index (κ2) is 4.83. The van der Waals surface area contributed by atoms with E-state index in [9.17, 15) is 0 Å². The second-order valence-electron chi connectivity index (χ2n) is 6.81. The third kappa shape index (κ3) is 2.41. The van der Waals surface area contributed by atoms with Crippen molar-refractivity contribution in [3.63, 3.8) is 0 Å². The minimum atomic E-state index is 0.391. The number of hydrogen-bond acceptors (Lipinski definition) is 3. The predicted octanol–water partition coefficient (Wildman–Crippen LogP) is 2.10. The van der Waals surface area contributed by atoms with Crippen molar-refractivity contribution in [2.75, 3.05) is 33.2 Å². The smallest absolute Gasteiger partial charge is 0.0628 e. The zero-order chi connectivity index (χ0) is 12.6. The van der Waals surface area contributed by atoms with Crippen LogP contribution < -0.4 is 0 Å². The Balaban J connectivity index is 1.56. The Hall–Kier alpha value is -0.590. The molecule has 2 unspecified atom stereocenters. The number of piperidine rings is 2. The average molecular weight is 247 g/mol. The molecule has 0 aromatic heterocycles. The van der Waals surface area contributed by atoms with Crippen LogP contribution in [-0.2, 0) is 0 Å². The Kier molecular flexibility index (Phi) is 3.34. The molecule has 3 rings (SSSR count). The lowest BCUT2D eigenvalue weighted by Gasteiger charge is -2.46. The molecule has 0 amide bonds. The van der Waals surface area contributed by atoms with E-state index in [1.54, 1.807) is 0 Å². The van der Waals surface area contributed by atoms with E-state index in [1.807, 2.05) is 0 Å². The monoisotopic (exact) mass is 247 g/mol. The van der Waals surface area contributed by atoms with Crippen molar-refractivity contribution in [2.45, 2.75) is 44.6 Å². The maximum atomic E-state index is 8.92. The van der Waals surface area contributed by atoms with Crippen molar-refractivity contribution >= 4 is 0 Å². The molecule has 0 spiro atoms. The molecule has 0 radical (unpaired) electrons. The molecule has 3 heteroatoms. The molecule has 0 aromatic carbocycles. The Labute approximate surface area is 111 Å². The summed E-state index contributed by atoms with van der Waals surface area (Å²) in [6.45, 7) is 5.01. The number of nitrogens with zero attached hydrogens (tertiary/aromatic N) is 3. The maximum absolute atomic E-state index is 8.92. The Morgan fingerprint density at radius 3 is 2.83 bits per heavy atom.